The molecular formula is C24H20O3. The lowest BCUT2D eigenvalue weighted by Crippen LogP contribution is -1.84. The van der Waals surface area contributed by atoms with Crippen LogP contribution in [0.5, 0.6) is 11.5 Å². The predicted molar refractivity (Wildman–Crippen MR) is 108 cm³/mol. The van der Waals surface area contributed by atoms with Crippen LogP contribution in [0.2, 0.25) is 0 Å². The monoisotopic (exact) mass is 356 g/mol. The Kier molecular flexibility index (Phi) is 4.67. The van der Waals surface area contributed by atoms with Crippen molar-refractivity contribution >= 4 is 0 Å². The molecule has 0 spiro atoms. The highest BCUT2D eigenvalue weighted by Crippen LogP contribution is 2.39. The molecule has 4 aromatic rings. The van der Waals surface area contributed by atoms with Gasteiger partial charge in [-0.15, -0.1) is 0 Å². The van der Waals surface area contributed by atoms with Gasteiger partial charge in [0, 0.05) is 16.7 Å². The van der Waals surface area contributed by atoms with Gasteiger partial charge in [0.15, 0.2) is 0 Å². The zero-order valence-electron chi connectivity index (χ0n) is 15.3. The highest BCUT2D eigenvalue weighted by molar-refractivity contribution is 5.84. The quantitative estimate of drug-likeness (QED) is 0.421. The Balaban J connectivity index is 1.85. The summed E-state index contributed by atoms with van der Waals surface area (Å²) in [4.78, 5) is 0. The average molecular weight is 356 g/mol. The summed E-state index contributed by atoms with van der Waals surface area (Å²) >= 11 is 0. The minimum absolute atomic E-state index is 0.819. The summed E-state index contributed by atoms with van der Waals surface area (Å²) in [5.74, 6) is 3.32. The van der Waals surface area contributed by atoms with E-state index in [1.165, 1.54) is 0 Å². The Morgan fingerprint density at radius 3 is 1.70 bits per heavy atom. The Labute approximate surface area is 158 Å². The minimum Gasteiger partial charge on any atom is -0.497 e. The minimum atomic E-state index is 0.819. The molecule has 4 rings (SSSR count). The van der Waals surface area contributed by atoms with Gasteiger partial charge < -0.3 is 13.9 Å². The van der Waals surface area contributed by atoms with E-state index in [1.54, 1.807) is 14.2 Å². The van der Waals surface area contributed by atoms with Crippen molar-refractivity contribution in [3.8, 4) is 45.3 Å². The predicted octanol–water partition coefficient (Wildman–Crippen LogP) is 6.30. The number of rotatable bonds is 5. The Hall–Kier alpha value is -3.46. The van der Waals surface area contributed by atoms with Crippen LogP contribution < -0.4 is 9.47 Å². The smallest absolute Gasteiger partial charge is 0.142 e. The molecule has 0 aliphatic rings. The summed E-state index contributed by atoms with van der Waals surface area (Å²) in [6.45, 7) is 0. The highest BCUT2D eigenvalue weighted by atomic mass is 16.5. The largest absolute Gasteiger partial charge is 0.497 e. The SMILES string of the molecule is COc1ccc(-c2cc(-c3ccccc3)oc2-c2ccc(OC)cc2)cc1. The Bertz CT molecular complexity index is 949. The number of benzene rings is 3. The molecule has 1 aromatic heterocycles. The van der Waals surface area contributed by atoms with Crippen molar-refractivity contribution in [3.63, 3.8) is 0 Å². The van der Waals surface area contributed by atoms with Crippen LogP contribution in [0.3, 0.4) is 0 Å². The molecule has 0 N–H and O–H groups in total. The van der Waals surface area contributed by atoms with Crippen LogP contribution >= 0.6 is 0 Å². The van der Waals surface area contributed by atoms with Crippen molar-refractivity contribution in [1.82, 2.24) is 0 Å². The van der Waals surface area contributed by atoms with Crippen molar-refractivity contribution in [1.29, 1.82) is 0 Å². The normalized spacial score (nSPS) is 10.6. The third-order valence-electron chi connectivity index (χ3n) is 4.54. The molecule has 3 heteroatoms. The highest BCUT2D eigenvalue weighted by Gasteiger charge is 2.16. The third-order valence-corrected chi connectivity index (χ3v) is 4.54. The standard InChI is InChI=1S/C24H20O3/c1-25-20-12-8-17(9-13-20)22-16-23(18-6-4-3-5-7-18)27-24(22)19-10-14-21(26-2)15-11-19/h3-16H,1-2H3. The van der Waals surface area contributed by atoms with E-state index in [9.17, 15) is 0 Å². The fourth-order valence-corrected chi connectivity index (χ4v) is 3.08. The van der Waals surface area contributed by atoms with E-state index < -0.39 is 0 Å². The Morgan fingerprint density at radius 2 is 1.15 bits per heavy atom. The van der Waals surface area contributed by atoms with Crippen LogP contribution in [0.25, 0.3) is 33.8 Å². The molecular weight excluding hydrogens is 336 g/mol. The van der Waals surface area contributed by atoms with E-state index in [0.717, 1.165) is 45.3 Å². The molecule has 0 amide bonds. The second-order valence-corrected chi connectivity index (χ2v) is 6.18. The molecule has 0 atom stereocenters. The first-order valence-electron chi connectivity index (χ1n) is 8.76. The van der Waals surface area contributed by atoms with Crippen molar-refractivity contribution in [2.45, 2.75) is 0 Å². The van der Waals surface area contributed by atoms with Gasteiger partial charge in [-0.25, -0.2) is 0 Å². The molecule has 0 bridgehead atoms. The second kappa shape index (κ2) is 7.42. The first-order chi connectivity index (χ1) is 13.3. The number of ether oxygens (including phenoxy) is 2. The molecule has 0 aliphatic carbocycles. The maximum atomic E-state index is 6.30. The van der Waals surface area contributed by atoms with Crippen molar-refractivity contribution in [3.05, 3.63) is 84.9 Å². The molecule has 3 nitrogen and oxygen atoms in total. The summed E-state index contributed by atoms with van der Waals surface area (Å²) in [7, 11) is 3.33. The van der Waals surface area contributed by atoms with E-state index in [4.69, 9.17) is 13.9 Å². The summed E-state index contributed by atoms with van der Waals surface area (Å²) in [6.07, 6.45) is 0. The van der Waals surface area contributed by atoms with Gasteiger partial charge in [0.25, 0.3) is 0 Å². The Morgan fingerprint density at radius 1 is 0.593 bits per heavy atom. The van der Waals surface area contributed by atoms with Gasteiger partial charge in [-0.1, -0.05) is 42.5 Å². The fraction of sp³-hybridized carbons (Fsp3) is 0.0833. The molecule has 3 aromatic carbocycles. The molecule has 1 heterocycles. The van der Waals surface area contributed by atoms with Crippen LogP contribution in [-0.4, -0.2) is 14.2 Å². The molecule has 0 saturated heterocycles. The maximum absolute atomic E-state index is 6.30. The van der Waals surface area contributed by atoms with Gasteiger partial charge in [-0.3, -0.25) is 0 Å². The molecule has 0 unspecified atom stereocenters. The molecule has 0 aliphatic heterocycles. The van der Waals surface area contributed by atoms with Gasteiger partial charge >= 0.3 is 0 Å². The lowest BCUT2D eigenvalue weighted by atomic mass is 10.0. The molecule has 0 saturated carbocycles. The number of hydrogen-bond acceptors (Lipinski definition) is 3. The summed E-state index contributed by atoms with van der Waals surface area (Å²) in [6, 6.07) is 28.1. The first kappa shape index (κ1) is 17.0. The van der Waals surface area contributed by atoms with Gasteiger partial charge in [0.05, 0.1) is 14.2 Å². The number of methoxy groups -OCH3 is 2. The van der Waals surface area contributed by atoms with Crippen LogP contribution in [0.15, 0.2) is 89.3 Å². The van der Waals surface area contributed by atoms with Gasteiger partial charge in [0.2, 0.25) is 0 Å². The molecule has 27 heavy (non-hydrogen) atoms. The average Bonchev–Trinajstić information content (AvgIpc) is 3.20. The number of furan rings is 1. The lowest BCUT2D eigenvalue weighted by Gasteiger charge is -2.06. The van der Waals surface area contributed by atoms with E-state index in [2.05, 4.69) is 18.2 Å². The van der Waals surface area contributed by atoms with E-state index in [-0.39, 0.29) is 0 Å². The molecule has 0 radical (unpaired) electrons. The molecule has 134 valence electrons. The lowest BCUT2D eigenvalue weighted by molar-refractivity contribution is 0.414. The van der Waals surface area contributed by atoms with Crippen molar-refractivity contribution < 1.29 is 13.9 Å². The van der Waals surface area contributed by atoms with Crippen LogP contribution in [-0.2, 0) is 0 Å². The fourth-order valence-electron chi connectivity index (χ4n) is 3.08. The van der Waals surface area contributed by atoms with Crippen LogP contribution in [0.1, 0.15) is 0 Å². The first-order valence-corrected chi connectivity index (χ1v) is 8.76. The van der Waals surface area contributed by atoms with E-state index >= 15 is 0 Å². The van der Waals surface area contributed by atoms with E-state index in [0.29, 0.717) is 0 Å². The third kappa shape index (κ3) is 3.44. The number of hydrogen-bond donors (Lipinski definition) is 0. The second-order valence-electron chi connectivity index (χ2n) is 6.18. The van der Waals surface area contributed by atoms with Crippen molar-refractivity contribution in [2.75, 3.05) is 14.2 Å². The zero-order valence-corrected chi connectivity index (χ0v) is 15.3. The van der Waals surface area contributed by atoms with Crippen LogP contribution in [0.4, 0.5) is 0 Å². The van der Waals surface area contributed by atoms with E-state index in [1.807, 2.05) is 66.7 Å². The van der Waals surface area contributed by atoms with Gasteiger partial charge in [-0.05, 0) is 48.0 Å². The maximum Gasteiger partial charge on any atom is 0.142 e. The topological polar surface area (TPSA) is 31.6 Å². The van der Waals surface area contributed by atoms with Gasteiger partial charge in [0.1, 0.15) is 23.0 Å². The van der Waals surface area contributed by atoms with Crippen LogP contribution in [0, 0.1) is 0 Å². The van der Waals surface area contributed by atoms with Gasteiger partial charge in [-0.2, -0.15) is 0 Å². The molecule has 0 fully saturated rings. The summed E-state index contributed by atoms with van der Waals surface area (Å²) in [5.41, 5.74) is 4.17. The summed E-state index contributed by atoms with van der Waals surface area (Å²) in [5, 5.41) is 0. The van der Waals surface area contributed by atoms with Crippen molar-refractivity contribution in [2.24, 2.45) is 0 Å². The zero-order chi connectivity index (χ0) is 18.6. The summed E-state index contributed by atoms with van der Waals surface area (Å²) < 4.78 is 16.9.